The second-order valence-electron chi connectivity index (χ2n) is 6.31. The lowest BCUT2D eigenvalue weighted by Crippen LogP contribution is -2.51. The Morgan fingerprint density at radius 2 is 1.57 bits per heavy atom. The molecule has 0 amide bonds. The van der Waals surface area contributed by atoms with Gasteiger partial charge in [0.25, 0.3) is 0 Å². The van der Waals surface area contributed by atoms with E-state index >= 15 is 0 Å². The SMILES string of the molecule is C[N+](C)(C)C[C@@H](CC(=O)O)OC(=O)[C@H](O)[C@@H](O)[C@H](O)[C@H](O)CO. The van der Waals surface area contributed by atoms with Crippen molar-refractivity contribution in [2.75, 3.05) is 34.3 Å². The summed E-state index contributed by atoms with van der Waals surface area (Å²) in [5, 5.41) is 55.4. The van der Waals surface area contributed by atoms with Crippen LogP contribution in [0, 0.1) is 0 Å². The van der Waals surface area contributed by atoms with E-state index in [0.717, 1.165) is 0 Å². The summed E-state index contributed by atoms with van der Waals surface area (Å²) in [6, 6.07) is 0. The lowest BCUT2D eigenvalue weighted by molar-refractivity contribution is -0.873. The smallest absolute Gasteiger partial charge is 0.338 e. The Bertz CT molecular complexity index is 395. The van der Waals surface area contributed by atoms with Gasteiger partial charge in [-0.3, -0.25) is 4.79 Å². The van der Waals surface area contributed by atoms with Crippen LogP contribution in [0.4, 0.5) is 0 Å². The summed E-state index contributed by atoms with van der Waals surface area (Å²) in [5.41, 5.74) is 0. The molecule has 6 N–H and O–H groups in total. The van der Waals surface area contributed by atoms with E-state index in [1.165, 1.54) is 0 Å². The van der Waals surface area contributed by atoms with Crippen molar-refractivity contribution < 1.29 is 49.4 Å². The van der Waals surface area contributed by atoms with Crippen LogP contribution in [0.25, 0.3) is 0 Å². The topological polar surface area (TPSA) is 165 Å². The number of carboxylic acid groups (broad SMARTS) is 1. The predicted octanol–water partition coefficient (Wildman–Crippen LogP) is -3.48. The number of likely N-dealkylation sites (N-methyl/N-ethyl adjacent to an activating group) is 1. The molecule has 0 aromatic rings. The average Bonchev–Trinajstić information content (AvgIpc) is 2.41. The summed E-state index contributed by atoms with van der Waals surface area (Å²) < 4.78 is 5.17. The van der Waals surface area contributed by atoms with Gasteiger partial charge in [-0.15, -0.1) is 0 Å². The zero-order chi connectivity index (χ0) is 18.4. The molecule has 0 aliphatic carbocycles. The highest BCUT2D eigenvalue weighted by Crippen LogP contribution is 2.11. The van der Waals surface area contributed by atoms with E-state index in [1.54, 1.807) is 21.1 Å². The lowest BCUT2D eigenvalue weighted by atomic mass is 10.0. The summed E-state index contributed by atoms with van der Waals surface area (Å²) in [7, 11) is 5.24. The van der Waals surface area contributed by atoms with Crippen LogP contribution in [0.3, 0.4) is 0 Å². The molecule has 0 radical (unpaired) electrons. The van der Waals surface area contributed by atoms with E-state index in [0.29, 0.717) is 0 Å². The number of carbonyl (C=O) groups is 2. The van der Waals surface area contributed by atoms with Gasteiger partial charge in [0.15, 0.2) is 12.2 Å². The zero-order valence-corrected chi connectivity index (χ0v) is 13.4. The van der Waals surface area contributed by atoms with Crippen molar-refractivity contribution in [3.8, 4) is 0 Å². The van der Waals surface area contributed by atoms with Crippen LogP contribution in [0.2, 0.25) is 0 Å². The fourth-order valence-corrected chi connectivity index (χ4v) is 1.84. The highest BCUT2D eigenvalue weighted by Gasteiger charge is 2.37. The van der Waals surface area contributed by atoms with Gasteiger partial charge in [0, 0.05) is 0 Å². The third kappa shape index (κ3) is 8.21. The monoisotopic (exact) mass is 340 g/mol. The van der Waals surface area contributed by atoms with Crippen molar-refractivity contribution in [2.24, 2.45) is 0 Å². The molecule has 0 rings (SSSR count). The molecule has 0 aliphatic rings. The number of hydrogen-bond donors (Lipinski definition) is 6. The molecule has 5 atom stereocenters. The van der Waals surface area contributed by atoms with E-state index in [1.807, 2.05) is 0 Å². The molecule has 0 fully saturated rings. The zero-order valence-electron chi connectivity index (χ0n) is 13.4. The van der Waals surface area contributed by atoms with E-state index in [-0.39, 0.29) is 11.0 Å². The van der Waals surface area contributed by atoms with Crippen molar-refractivity contribution in [1.82, 2.24) is 0 Å². The Morgan fingerprint density at radius 3 is 1.96 bits per heavy atom. The minimum atomic E-state index is -2.20. The van der Waals surface area contributed by atoms with Crippen LogP contribution < -0.4 is 0 Å². The molecule has 0 spiro atoms. The maximum Gasteiger partial charge on any atom is 0.338 e. The van der Waals surface area contributed by atoms with E-state index in [9.17, 15) is 30.0 Å². The second kappa shape index (κ2) is 9.11. The molecule has 0 saturated carbocycles. The van der Waals surface area contributed by atoms with Crippen LogP contribution >= 0.6 is 0 Å². The van der Waals surface area contributed by atoms with Gasteiger partial charge in [0.05, 0.1) is 34.2 Å². The Balaban J connectivity index is 4.86. The third-order valence-electron chi connectivity index (χ3n) is 2.93. The molecule has 0 aromatic carbocycles. The molecular weight excluding hydrogens is 314 g/mol. The van der Waals surface area contributed by atoms with Crippen LogP contribution in [-0.2, 0) is 14.3 Å². The summed E-state index contributed by atoms with van der Waals surface area (Å²) in [6.07, 6.45) is -9.57. The van der Waals surface area contributed by atoms with E-state index < -0.39 is 55.5 Å². The first kappa shape index (κ1) is 21.7. The Labute approximate surface area is 133 Å². The van der Waals surface area contributed by atoms with Crippen LogP contribution in [0.1, 0.15) is 6.42 Å². The first-order chi connectivity index (χ1) is 10.4. The molecule has 0 heterocycles. The predicted molar refractivity (Wildman–Crippen MR) is 76.1 cm³/mol. The van der Waals surface area contributed by atoms with E-state index in [2.05, 4.69) is 0 Å². The van der Waals surface area contributed by atoms with Gasteiger partial charge in [-0.1, -0.05) is 0 Å². The van der Waals surface area contributed by atoms with Crippen molar-refractivity contribution in [3.05, 3.63) is 0 Å². The lowest BCUT2D eigenvalue weighted by Gasteiger charge is -2.30. The van der Waals surface area contributed by atoms with E-state index in [4.69, 9.17) is 14.9 Å². The standard InChI is InChI=1S/C13H25NO9/c1-14(2,3)5-7(4-9(17)18)23-13(22)12(21)11(20)10(19)8(16)6-15/h7-8,10-12,15-16,19-21H,4-6H2,1-3H3/p+1/t7-,8-,10-,11+,12-/m1/s1. The van der Waals surface area contributed by atoms with Crippen molar-refractivity contribution in [2.45, 2.75) is 36.9 Å². The number of carbonyl (C=O) groups excluding carboxylic acids is 1. The highest BCUT2D eigenvalue weighted by atomic mass is 16.6. The number of aliphatic carboxylic acids is 1. The number of quaternary nitrogens is 1. The third-order valence-corrected chi connectivity index (χ3v) is 2.93. The molecule has 0 bridgehead atoms. The number of rotatable bonds is 10. The largest absolute Gasteiger partial charge is 0.481 e. The number of aliphatic hydroxyl groups is 5. The van der Waals surface area contributed by atoms with Gasteiger partial charge < -0.3 is 39.9 Å². The fraction of sp³-hybridized carbons (Fsp3) is 0.846. The number of ether oxygens (including phenoxy) is 1. The Morgan fingerprint density at radius 1 is 1.04 bits per heavy atom. The molecule has 0 aliphatic heterocycles. The number of carboxylic acids is 1. The van der Waals surface area contributed by atoms with Crippen molar-refractivity contribution in [1.29, 1.82) is 0 Å². The molecule has 0 unspecified atom stereocenters. The average molecular weight is 340 g/mol. The minimum Gasteiger partial charge on any atom is -0.481 e. The van der Waals surface area contributed by atoms with Gasteiger partial charge in [0.1, 0.15) is 24.9 Å². The number of aliphatic hydroxyl groups excluding tert-OH is 5. The maximum atomic E-state index is 11.8. The summed E-state index contributed by atoms with van der Waals surface area (Å²) in [4.78, 5) is 22.6. The second-order valence-corrected chi connectivity index (χ2v) is 6.31. The molecule has 10 heteroatoms. The molecule has 0 aromatic heterocycles. The number of nitrogens with zero attached hydrogens (tertiary/aromatic N) is 1. The quantitative estimate of drug-likeness (QED) is 0.175. The fourth-order valence-electron chi connectivity index (χ4n) is 1.84. The Hall–Kier alpha value is -1.30. The first-order valence-corrected chi connectivity index (χ1v) is 6.95. The summed E-state index contributed by atoms with van der Waals surface area (Å²) >= 11 is 0. The van der Waals surface area contributed by atoms with Gasteiger partial charge in [-0.25, -0.2) is 4.79 Å². The molecule has 10 nitrogen and oxygen atoms in total. The van der Waals surface area contributed by atoms with Gasteiger partial charge in [-0.05, 0) is 0 Å². The molecule has 23 heavy (non-hydrogen) atoms. The molecular formula is C13H26NO9+. The normalized spacial score (nSPS) is 18.6. The molecule has 0 saturated heterocycles. The minimum absolute atomic E-state index is 0.142. The van der Waals surface area contributed by atoms with Gasteiger partial charge in [-0.2, -0.15) is 0 Å². The van der Waals surface area contributed by atoms with Crippen molar-refractivity contribution >= 4 is 11.9 Å². The molecule has 136 valence electrons. The Kier molecular flexibility index (Phi) is 8.59. The number of hydrogen-bond acceptors (Lipinski definition) is 8. The van der Waals surface area contributed by atoms with Crippen LogP contribution in [-0.4, -0.2) is 112 Å². The number of esters is 1. The van der Waals surface area contributed by atoms with Crippen LogP contribution in [0.5, 0.6) is 0 Å². The van der Waals surface area contributed by atoms with Crippen LogP contribution in [0.15, 0.2) is 0 Å². The van der Waals surface area contributed by atoms with Gasteiger partial charge in [0.2, 0.25) is 0 Å². The van der Waals surface area contributed by atoms with Crippen molar-refractivity contribution in [3.63, 3.8) is 0 Å². The summed E-state index contributed by atoms with van der Waals surface area (Å²) in [6.45, 7) is -0.744. The summed E-state index contributed by atoms with van der Waals surface area (Å²) in [5.74, 6) is -2.54. The maximum absolute atomic E-state index is 11.8. The first-order valence-electron chi connectivity index (χ1n) is 6.95. The van der Waals surface area contributed by atoms with Gasteiger partial charge >= 0.3 is 11.9 Å². The highest BCUT2D eigenvalue weighted by molar-refractivity contribution is 5.76.